The summed E-state index contributed by atoms with van der Waals surface area (Å²) in [6.45, 7) is 0.862. The minimum Gasteiger partial charge on any atom is -0.377 e. The second-order valence-corrected chi connectivity index (χ2v) is 1.18. The van der Waals surface area contributed by atoms with E-state index in [1.165, 1.54) is 0 Å². The summed E-state index contributed by atoms with van der Waals surface area (Å²) in [4.78, 5) is 0. The number of hydrogen-bond donors (Lipinski definition) is 1. The van der Waals surface area contributed by atoms with E-state index in [-0.39, 0.29) is 6.23 Å². The van der Waals surface area contributed by atoms with E-state index < -0.39 is 0 Å². The van der Waals surface area contributed by atoms with Crippen LogP contribution >= 0.6 is 0 Å². The lowest BCUT2D eigenvalue weighted by Crippen LogP contribution is -2.35. The molecule has 1 N–H and O–H groups in total. The fourth-order valence-electron chi connectivity index (χ4n) is 0.245. The highest BCUT2D eigenvalue weighted by molar-refractivity contribution is 4.63. The Bertz CT molecular complexity index is 33.9. The van der Waals surface area contributed by atoms with Crippen molar-refractivity contribution in [1.82, 2.24) is 5.32 Å². The Labute approximate surface area is 30.8 Å². The molecule has 0 bridgehead atoms. The summed E-state index contributed by atoms with van der Waals surface area (Å²) in [7, 11) is 0. The third-order valence-corrected chi connectivity index (χ3v) is 0.727. The van der Waals surface area contributed by atoms with Crippen molar-refractivity contribution < 1.29 is 5.11 Å². The van der Waals surface area contributed by atoms with Crippen molar-refractivity contribution in [3.63, 3.8) is 0 Å². The molecule has 1 atom stereocenters. The second kappa shape index (κ2) is 0.954. The number of rotatable bonds is 0. The summed E-state index contributed by atoms with van der Waals surface area (Å²) in [5.74, 6) is 0. The van der Waals surface area contributed by atoms with E-state index in [4.69, 9.17) is 5.11 Å². The summed E-state index contributed by atoms with van der Waals surface area (Å²) >= 11 is 0. The summed E-state index contributed by atoms with van der Waals surface area (Å²) in [6.07, 6.45) is 0.565. The Balaban J connectivity index is 2.08. The molecule has 5 heavy (non-hydrogen) atoms. The zero-order valence-corrected chi connectivity index (χ0v) is 2.89. The van der Waals surface area contributed by atoms with E-state index in [0.717, 1.165) is 13.0 Å². The minimum atomic E-state index is -0.310. The molecule has 1 radical (unpaired) electrons. The Morgan fingerprint density at radius 3 is 2.20 bits per heavy atom. The second-order valence-electron chi connectivity index (χ2n) is 1.18. The highest BCUT2D eigenvalue weighted by Gasteiger charge is 2.11. The smallest absolute Gasteiger partial charge is 0.121 e. The van der Waals surface area contributed by atoms with E-state index in [2.05, 4.69) is 5.32 Å². The van der Waals surface area contributed by atoms with Crippen LogP contribution in [0.4, 0.5) is 0 Å². The van der Waals surface area contributed by atoms with Gasteiger partial charge in [-0.3, -0.25) is 0 Å². The van der Waals surface area contributed by atoms with Crippen LogP contribution in [0.2, 0.25) is 0 Å². The number of hydrogen-bond acceptors (Lipinski definition) is 1. The summed E-state index contributed by atoms with van der Waals surface area (Å²) in [5.41, 5.74) is 0. The van der Waals surface area contributed by atoms with Gasteiger partial charge < -0.3 is 5.11 Å². The molecular formula is C3H6NO. The van der Waals surface area contributed by atoms with E-state index >= 15 is 0 Å². The zero-order valence-electron chi connectivity index (χ0n) is 2.89. The van der Waals surface area contributed by atoms with Gasteiger partial charge in [-0.15, -0.1) is 0 Å². The van der Waals surface area contributed by atoms with Gasteiger partial charge in [0.05, 0.1) is 0 Å². The average Bonchev–Trinajstić information content (AvgIpc) is 1.30. The molecule has 1 aliphatic rings. The molecule has 0 amide bonds. The van der Waals surface area contributed by atoms with Crippen LogP contribution in [0.3, 0.4) is 0 Å². The standard InChI is InChI=1S/C3H6NO/c5-3-1-2-4-3/h3,5H,1-2H2. The van der Waals surface area contributed by atoms with Crippen molar-refractivity contribution in [1.29, 1.82) is 0 Å². The van der Waals surface area contributed by atoms with E-state index in [1.54, 1.807) is 0 Å². The van der Waals surface area contributed by atoms with Crippen LogP contribution in [-0.4, -0.2) is 17.9 Å². The molecule has 0 aliphatic carbocycles. The first-order chi connectivity index (χ1) is 2.39. The number of aliphatic hydroxyl groups is 1. The predicted octanol–water partition coefficient (Wildman–Crippen LogP) is -0.687. The molecule has 1 unspecified atom stereocenters. The molecule has 2 heteroatoms. The van der Waals surface area contributed by atoms with Gasteiger partial charge in [0, 0.05) is 13.0 Å². The highest BCUT2D eigenvalue weighted by Crippen LogP contribution is 1.96. The Hall–Kier alpha value is -0.0800. The van der Waals surface area contributed by atoms with Gasteiger partial charge in [-0.2, -0.15) is 0 Å². The van der Waals surface area contributed by atoms with Crippen molar-refractivity contribution >= 4 is 0 Å². The molecule has 1 aliphatic heterocycles. The van der Waals surface area contributed by atoms with Crippen LogP contribution < -0.4 is 5.32 Å². The Morgan fingerprint density at radius 2 is 2.20 bits per heavy atom. The third kappa shape index (κ3) is 0.412. The first-order valence-electron chi connectivity index (χ1n) is 1.74. The maximum Gasteiger partial charge on any atom is 0.121 e. The molecule has 0 aromatic heterocycles. The van der Waals surface area contributed by atoms with Gasteiger partial charge in [-0.05, 0) is 0 Å². The fourth-order valence-corrected chi connectivity index (χ4v) is 0.245. The normalized spacial score (nSPS) is 36.6. The molecule has 1 rings (SSSR count). The van der Waals surface area contributed by atoms with Gasteiger partial charge in [-0.1, -0.05) is 0 Å². The maximum atomic E-state index is 8.28. The van der Waals surface area contributed by atoms with Crippen LogP contribution in [0, 0.1) is 0 Å². The lowest BCUT2D eigenvalue weighted by molar-refractivity contribution is 0.0686. The van der Waals surface area contributed by atoms with Crippen molar-refractivity contribution in [2.24, 2.45) is 0 Å². The molecule has 0 saturated carbocycles. The van der Waals surface area contributed by atoms with Crippen LogP contribution in [0.1, 0.15) is 6.42 Å². The predicted molar refractivity (Wildman–Crippen MR) is 17.6 cm³/mol. The first kappa shape index (κ1) is 3.12. The van der Waals surface area contributed by atoms with Crippen molar-refractivity contribution in [2.45, 2.75) is 12.6 Å². The van der Waals surface area contributed by atoms with Crippen LogP contribution in [0.5, 0.6) is 0 Å². The van der Waals surface area contributed by atoms with Gasteiger partial charge in [0.2, 0.25) is 0 Å². The largest absolute Gasteiger partial charge is 0.377 e. The molecule has 1 heterocycles. The topological polar surface area (TPSA) is 34.3 Å². The third-order valence-electron chi connectivity index (χ3n) is 0.727. The van der Waals surface area contributed by atoms with Gasteiger partial charge >= 0.3 is 0 Å². The quantitative estimate of drug-likeness (QED) is 0.404. The number of aliphatic hydroxyl groups excluding tert-OH is 1. The fraction of sp³-hybridized carbons (Fsp3) is 1.00. The minimum absolute atomic E-state index is 0.310. The van der Waals surface area contributed by atoms with Crippen molar-refractivity contribution in [2.75, 3.05) is 6.54 Å². The van der Waals surface area contributed by atoms with Crippen LogP contribution in [-0.2, 0) is 0 Å². The highest BCUT2D eigenvalue weighted by atomic mass is 16.3. The molecule has 0 aromatic carbocycles. The molecule has 2 nitrogen and oxygen atoms in total. The first-order valence-corrected chi connectivity index (χ1v) is 1.74. The maximum absolute atomic E-state index is 8.28. The van der Waals surface area contributed by atoms with E-state index in [9.17, 15) is 0 Å². The summed E-state index contributed by atoms with van der Waals surface area (Å²) in [6, 6.07) is 0. The van der Waals surface area contributed by atoms with Gasteiger partial charge in [-0.25, -0.2) is 5.32 Å². The molecule has 29 valence electrons. The monoisotopic (exact) mass is 72.0 g/mol. The molecule has 1 saturated heterocycles. The lowest BCUT2D eigenvalue weighted by Gasteiger charge is -2.17. The van der Waals surface area contributed by atoms with Gasteiger partial charge in [0.25, 0.3) is 0 Å². The SMILES string of the molecule is OC1CC[N]1. The molecular weight excluding hydrogens is 66.0 g/mol. The van der Waals surface area contributed by atoms with Gasteiger partial charge in [0.1, 0.15) is 6.23 Å². The van der Waals surface area contributed by atoms with Crippen molar-refractivity contribution in [3.05, 3.63) is 0 Å². The summed E-state index contributed by atoms with van der Waals surface area (Å²) in [5, 5.41) is 11.9. The summed E-state index contributed by atoms with van der Waals surface area (Å²) < 4.78 is 0. The van der Waals surface area contributed by atoms with E-state index in [1.807, 2.05) is 0 Å². The van der Waals surface area contributed by atoms with Crippen LogP contribution in [0.25, 0.3) is 0 Å². The Morgan fingerprint density at radius 1 is 1.80 bits per heavy atom. The van der Waals surface area contributed by atoms with Crippen molar-refractivity contribution in [3.8, 4) is 0 Å². The number of nitrogens with zero attached hydrogens (tertiary/aromatic N) is 1. The Kier molecular flexibility index (Phi) is 0.596. The lowest BCUT2D eigenvalue weighted by atomic mass is 10.3. The van der Waals surface area contributed by atoms with Gasteiger partial charge in [0.15, 0.2) is 0 Å². The zero-order chi connectivity index (χ0) is 3.70. The average molecular weight is 72.1 g/mol. The molecule has 0 aromatic rings. The molecule has 0 spiro atoms. The molecule has 1 fully saturated rings. The van der Waals surface area contributed by atoms with E-state index in [0.29, 0.717) is 0 Å². The van der Waals surface area contributed by atoms with Crippen LogP contribution in [0.15, 0.2) is 0 Å².